The van der Waals surface area contributed by atoms with Gasteiger partial charge >= 0.3 is 0 Å². The Hall–Kier alpha value is -3.08. The van der Waals surface area contributed by atoms with E-state index < -0.39 is 15.9 Å². The third-order valence-corrected chi connectivity index (χ3v) is 8.09. The number of hydrogen-bond donors (Lipinski definition) is 1. The third-order valence-electron chi connectivity index (χ3n) is 5.94. The van der Waals surface area contributed by atoms with Crippen molar-refractivity contribution in [1.82, 2.24) is 14.8 Å². The number of aromatic nitrogens is 1. The van der Waals surface area contributed by atoms with Crippen molar-refractivity contribution in [2.75, 3.05) is 33.1 Å². The zero-order valence-corrected chi connectivity index (χ0v) is 21.2. The van der Waals surface area contributed by atoms with Crippen molar-refractivity contribution in [1.29, 1.82) is 0 Å². The SMILES string of the molecule is COc1cc2c(cc1OC)CN(S(=O)(=O)CCNC(=O)c1c(-c3ccccc3Cl)noc1C)CC2. The minimum Gasteiger partial charge on any atom is -0.493 e. The molecule has 0 saturated heterocycles. The van der Waals surface area contributed by atoms with Gasteiger partial charge in [0, 0.05) is 25.2 Å². The molecule has 0 atom stereocenters. The molecule has 9 nitrogen and oxygen atoms in total. The molecule has 1 N–H and O–H groups in total. The molecule has 2 heterocycles. The number of nitrogens with one attached hydrogen (secondary N) is 1. The molecule has 35 heavy (non-hydrogen) atoms. The van der Waals surface area contributed by atoms with Crippen LogP contribution < -0.4 is 14.8 Å². The van der Waals surface area contributed by atoms with Gasteiger partial charge in [0.05, 0.1) is 25.0 Å². The highest BCUT2D eigenvalue weighted by Crippen LogP contribution is 2.34. The second-order valence-electron chi connectivity index (χ2n) is 8.07. The van der Waals surface area contributed by atoms with Crippen molar-refractivity contribution in [3.05, 3.63) is 63.9 Å². The second kappa shape index (κ2) is 10.3. The molecule has 0 saturated carbocycles. The Labute approximate surface area is 209 Å². The first-order chi connectivity index (χ1) is 16.7. The molecule has 2 aromatic carbocycles. The topological polar surface area (TPSA) is 111 Å². The van der Waals surface area contributed by atoms with E-state index in [1.54, 1.807) is 45.4 Å². The first-order valence-electron chi connectivity index (χ1n) is 11.0. The number of aryl methyl sites for hydroxylation is 1. The predicted molar refractivity (Wildman–Crippen MR) is 131 cm³/mol. The van der Waals surface area contributed by atoms with Crippen LogP contribution in [0.15, 0.2) is 40.9 Å². The standard InChI is InChI=1S/C24H26ClN3O6S/c1-15-22(23(27-34-15)18-6-4-5-7-19(18)25)24(29)26-9-11-35(30,31)28-10-8-16-12-20(32-2)21(33-3)13-17(16)14-28/h4-7,12-13H,8-11,14H2,1-3H3,(H,26,29). The molecule has 4 rings (SSSR count). The summed E-state index contributed by atoms with van der Waals surface area (Å²) in [4.78, 5) is 12.9. The number of methoxy groups -OCH3 is 2. The van der Waals surface area contributed by atoms with Gasteiger partial charge in [-0.2, -0.15) is 4.31 Å². The Kier molecular flexibility index (Phi) is 7.34. The molecule has 0 fully saturated rings. The number of sulfonamides is 1. The fourth-order valence-corrected chi connectivity index (χ4v) is 5.63. The van der Waals surface area contributed by atoms with Gasteiger partial charge in [0.25, 0.3) is 5.91 Å². The summed E-state index contributed by atoms with van der Waals surface area (Å²) in [5, 5.41) is 7.09. The van der Waals surface area contributed by atoms with E-state index in [4.69, 9.17) is 25.6 Å². The van der Waals surface area contributed by atoms with Crippen molar-refractivity contribution in [3.8, 4) is 22.8 Å². The molecular weight excluding hydrogens is 494 g/mol. The van der Waals surface area contributed by atoms with E-state index in [2.05, 4.69) is 10.5 Å². The minimum atomic E-state index is -3.62. The second-order valence-corrected chi connectivity index (χ2v) is 10.6. The van der Waals surface area contributed by atoms with Gasteiger partial charge in [-0.15, -0.1) is 0 Å². The fraction of sp³-hybridized carbons (Fsp3) is 0.333. The van der Waals surface area contributed by atoms with Crippen molar-refractivity contribution in [2.45, 2.75) is 19.9 Å². The maximum Gasteiger partial charge on any atom is 0.257 e. The van der Waals surface area contributed by atoms with Crippen LogP contribution >= 0.6 is 11.6 Å². The van der Waals surface area contributed by atoms with E-state index in [0.29, 0.717) is 46.5 Å². The predicted octanol–water partition coefficient (Wildman–Crippen LogP) is 3.44. The average molecular weight is 520 g/mol. The van der Waals surface area contributed by atoms with Crippen LogP contribution in [0.5, 0.6) is 11.5 Å². The number of amides is 1. The molecule has 3 aromatic rings. The van der Waals surface area contributed by atoms with Gasteiger partial charge in [0.15, 0.2) is 11.5 Å². The highest BCUT2D eigenvalue weighted by Gasteiger charge is 2.29. The number of carbonyl (C=O) groups is 1. The molecule has 1 amide bonds. The van der Waals surface area contributed by atoms with E-state index in [1.807, 2.05) is 12.1 Å². The number of rotatable bonds is 8. The van der Waals surface area contributed by atoms with Crippen molar-refractivity contribution >= 4 is 27.5 Å². The largest absolute Gasteiger partial charge is 0.493 e. The van der Waals surface area contributed by atoms with Crippen molar-refractivity contribution in [2.24, 2.45) is 0 Å². The Balaban J connectivity index is 1.43. The fourth-order valence-electron chi connectivity index (χ4n) is 4.08. The minimum absolute atomic E-state index is 0.0664. The Morgan fingerprint density at radius 2 is 1.86 bits per heavy atom. The van der Waals surface area contributed by atoms with E-state index >= 15 is 0 Å². The number of halogens is 1. The smallest absolute Gasteiger partial charge is 0.257 e. The Morgan fingerprint density at radius 1 is 1.17 bits per heavy atom. The van der Waals surface area contributed by atoms with Crippen LogP contribution in [0.1, 0.15) is 27.2 Å². The van der Waals surface area contributed by atoms with Gasteiger partial charge < -0.3 is 19.3 Å². The molecule has 1 aliphatic rings. The van der Waals surface area contributed by atoms with Crippen LogP contribution in [0.4, 0.5) is 0 Å². The number of carbonyl (C=O) groups excluding carboxylic acids is 1. The molecule has 186 valence electrons. The normalized spacial score (nSPS) is 13.8. The first kappa shape index (κ1) is 25.0. The zero-order chi connectivity index (χ0) is 25.2. The van der Waals surface area contributed by atoms with Crippen LogP contribution in [0.3, 0.4) is 0 Å². The van der Waals surface area contributed by atoms with Crippen LogP contribution in [0, 0.1) is 6.92 Å². The van der Waals surface area contributed by atoms with Crippen LogP contribution in [-0.4, -0.2) is 56.8 Å². The molecule has 0 unspecified atom stereocenters. The van der Waals surface area contributed by atoms with Gasteiger partial charge in [-0.3, -0.25) is 4.79 Å². The summed E-state index contributed by atoms with van der Waals surface area (Å²) in [6.45, 7) is 2.13. The molecule has 1 aliphatic heterocycles. The molecule has 0 radical (unpaired) electrons. The van der Waals surface area contributed by atoms with E-state index in [0.717, 1.165) is 11.1 Å². The van der Waals surface area contributed by atoms with Gasteiger partial charge in [0.2, 0.25) is 10.0 Å². The molecule has 0 bridgehead atoms. The zero-order valence-electron chi connectivity index (χ0n) is 19.6. The Morgan fingerprint density at radius 3 is 2.54 bits per heavy atom. The summed E-state index contributed by atoms with van der Waals surface area (Å²) in [5.41, 5.74) is 2.99. The lowest BCUT2D eigenvalue weighted by atomic mass is 10.0. The van der Waals surface area contributed by atoms with Crippen molar-refractivity contribution in [3.63, 3.8) is 0 Å². The number of ether oxygens (including phenoxy) is 2. The summed E-state index contributed by atoms with van der Waals surface area (Å²) in [6.07, 6.45) is 0.558. The summed E-state index contributed by atoms with van der Waals surface area (Å²) in [5.74, 6) is 0.765. The monoisotopic (exact) mass is 519 g/mol. The van der Waals surface area contributed by atoms with Gasteiger partial charge in [0.1, 0.15) is 17.0 Å². The van der Waals surface area contributed by atoms with Gasteiger partial charge in [-0.05, 0) is 42.7 Å². The molecule has 1 aromatic heterocycles. The van der Waals surface area contributed by atoms with E-state index in [9.17, 15) is 13.2 Å². The highest BCUT2D eigenvalue weighted by atomic mass is 35.5. The highest BCUT2D eigenvalue weighted by molar-refractivity contribution is 7.89. The van der Waals surface area contributed by atoms with Gasteiger partial charge in [-0.25, -0.2) is 8.42 Å². The molecular formula is C24H26ClN3O6S. The number of benzene rings is 2. The van der Waals surface area contributed by atoms with E-state index in [1.165, 1.54) is 4.31 Å². The summed E-state index contributed by atoms with van der Waals surface area (Å²) in [7, 11) is -0.512. The summed E-state index contributed by atoms with van der Waals surface area (Å²) in [6, 6.07) is 10.7. The summed E-state index contributed by atoms with van der Waals surface area (Å²) >= 11 is 6.25. The molecule has 0 spiro atoms. The summed E-state index contributed by atoms with van der Waals surface area (Å²) < 4.78 is 43.4. The lowest BCUT2D eigenvalue weighted by Crippen LogP contribution is -2.40. The lowest BCUT2D eigenvalue weighted by Gasteiger charge is -2.29. The van der Waals surface area contributed by atoms with E-state index in [-0.39, 0.29) is 24.4 Å². The van der Waals surface area contributed by atoms with Crippen molar-refractivity contribution < 1.29 is 27.2 Å². The maximum absolute atomic E-state index is 13.0. The van der Waals surface area contributed by atoms with Crippen LogP contribution in [0.25, 0.3) is 11.3 Å². The lowest BCUT2D eigenvalue weighted by molar-refractivity contribution is 0.0955. The van der Waals surface area contributed by atoms with Crippen LogP contribution in [-0.2, 0) is 23.0 Å². The third kappa shape index (κ3) is 5.14. The number of fused-ring (bicyclic) bond motifs is 1. The Bertz CT molecular complexity index is 1360. The van der Waals surface area contributed by atoms with Gasteiger partial charge in [-0.1, -0.05) is 35.0 Å². The first-order valence-corrected chi connectivity index (χ1v) is 12.9. The number of nitrogens with zero attached hydrogens (tertiary/aromatic N) is 2. The number of hydrogen-bond acceptors (Lipinski definition) is 7. The molecule has 11 heteroatoms. The molecule has 0 aliphatic carbocycles. The maximum atomic E-state index is 13.0. The van der Waals surface area contributed by atoms with Crippen LogP contribution in [0.2, 0.25) is 5.02 Å². The quantitative estimate of drug-likeness (QED) is 0.485. The average Bonchev–Trinajstić information content (AvgIpc) is 3.23.